The van der Waals surface area contributed by atoms with Gasteiger partial charge in [0.25, 0.3) is 0 Å². The summed E-state index contributed by atoms with van der Waals surface area (Å²) >= 11 is 0. The number of aromatic nitrogens is 2. The van der Waals surface area contributed by atoms with Crippen LogP contribution in [0, 0.1) is 6.92 Å². The maximum atomic E-state index is 10.9. The molecule has 88 valence electrons. The van der Waals surface area contributed by atoms with Crippen LogP contribution in [-0.2, 0) is 11.3 Å². The van der Waals surface area contributed by atoms with Crippen molar-refractivity contribution in [1.29, 1.82) is 0 Å². The number of carbonyl (C=O) groups is 1. The SMILES string of the molecule is CC(=O)Nc1cnn(Cc2ccccc2C)c1. The molecule has 4 nitrogen and oxygen atoms in total. The van der Waals surface area contributed by atoms with Crippen LogP contribution in [0.3, 0.4) is 0 Å². The largest absolute Gasteiger partial charge is 0.324 e. The van der Waals surface area contributed by atoms with Gasteiger partial charge in [-0.1, -0.05) is 24.3 Å². The van der Waals surface area contributed by atoms with Crippen molar-refractivity contribution in [1.82, 2.24) is 9.78 Å². The van der Waals surface area contributed by atoms with E-state index in [1.54, 1.807) is 6.20 Å². The number of aryl methyl sites for hydroxylation is 1. The van der Waals surface area contributed by atoms with Crippen LogP contribution in [0.1, 0.15) is 18.1 Å². The number of nitrogens with one attached hydrogen (secondary N) is 1. The molecule has 1 amide bonds. The number of benzene rings is 1. The highest BCUT2D eigenvalue weighted by atomic mass is 16.1. The second-order valence-corrected chi connectivity index (χ2v) is 4.03. The molecule has 0 aliphatic rings. The number of rotatable bonds is 3. The molecule has 4 heteroatoms. The minimum absolute atomic E-state index is 0.0829. The molecular weight excluding hydrogens is 214 g/mol. The van der Waals surface area contributed by atoms with Gasteiger partial charge in [0.05, 0.1) is 18.4 Å². The molecule has 0 fully saturated rings. The summed E-state index contributed by atoms with van der Waals surface area (Å²) in [5.41, 5.74) is 3.19. The minimum atomic E-state index is -0.0829. The van der Waals surface area contributed by atoms with Gasteiger partial charge in [-0.3, -0.25) is 9.48 Å². The number of nitrogens with zero attached hydrogens (tertiary/aromatic N) is 2. The summed E-state index contributed by atoms with van der Waals surface area (Å²) in [5.74, 6) is -0.0829. The van der Waals surface area contributed by atoms with Crippen LogP contribution in [0.2, 0.25) is 0 Å². The van der Waals surface area contributed by atoms with Gasteiger partial charge in [-0.05, 0) is 18.1 Å². The topological polar surface area (TPSA) is 46.9 Å². The van der Waals surface area contributed by atoms with Gasteiger partial charge >= 0.3 is 0 Å². The van der Waals surface area contributed by atoms with Gasteiger partial charge in [-0.2, -0.15) is 5.10 Å². The first kappa shape index (κ1) is 11.4. The van der Waals surface area contributed by atoms with Crippen molar-refractivity contribution in [2.75, 3.05) is 5.32 Å². The molecule has 0 saturated heterocycles. The summed E-state index contributed by atoms with van der Waals surface area (Å²) in [6, 6.07) is 8.19. The molecule has 1 aromatic heterocycles. The Morgan fingerprint density at radius 1 is 1.41 bits per heavy atom. The molecule has 2 rings (SSSR count). The van der Waals surface area contributed by atoms with E-state index in [0.29, 0.717) is 6.54 Å². The average Bonchev–Trinajstić information content (AvgIpc) is 2.68. The Bertz CT molecular complexity index is 531. The molecule has 1 N–H and O–H groups in total. The predicted octanol–water partition coefficient (Wildman–Crippen LogP) is 2.20. The number of anilines is 1. The molecule has 0 unspecified atom stereocenters. The fraction of sp³-hybridized carbons (Fsp3) is 0.231. The number of amides is 1. The fourth-order valence-electron chi connectivity index (χ4n) is 1.68. The van der Waals surface area contributed by atoms with Gasteiger partial charge in [-0.25, -0.2) is 0 Å². The molecule has 0 bridgehead atoms. The molecule has 0 spiro atoms. The lowest BCUT2D eigenvalue weighted by Crippen LogP contribution is -2.05. The molecule has 0 saturated carbocycles. The van der Waals surface area contributed by atoms with Crippen molar-refractivity contribution in [3.63, 3.8) is 0 Å². The first-order valence-corrected chi connectivity index (χ1v) is 5.50. The molecule has 2 aromatic rings. The van der Waals surface area contributed by atoms with Crippen LogP contribution in [0.25, 0.3) is 0 Å². The smallest absolute Gasteiger partial charge is 0.221 e. The van der Waals surface area contributed by atoms with Gasteiger partial charge in [0.15, 0.2) is 0 Å². The second kappa shape index (κ2) is 4.82. The Balaban J connectivity index is 2.12. The highest BCUT2D eigenvalue weighted by Gasteiger charge is 2.02. The van der Waals surface area contributed by atoms with Gasteiger partial charge in [0.1, 0.15) is 0 Å². The van der Waals surface area contributed by atoms with Gasteiger partial charge in [0.2, 0.25) is 5.91 Å². The van der Waals surface area contributed by atoms with Gasteiger partial charge < -0.3 is 5.32 Å². The summed E-state index contributed by atoms with van der Waals surface area (Å²) in [6.45, 7) is 4.28. The van der Waals surface area contributed by atoms with E-state index in [0.717, 1.165) is 5.69 Å². The van der Waals surface area contributed by atoms with E-state index in [4.69, 9.17) is 0 Å². The third-order valence-corrected chi connectivity index (χ3v) is 2.55. The van der Waals surface area contributed by atoms with Gasteiger partial charge in [0, 0.05) is 13.1 Å². The first-order chi connectivity index (χ1) is 8.15. The van der Waals surface area contributed by atoms with Crippen LogP contribution in [0.4, 0.5) is 5.69 Å². The van der Waals surface area contributed by atoms with Crippen molar-refractivity contribution < 1.29 is 4.79 Å². The predicted molar refractivity (Wildman–Crippen MR) is 66.8 cm³/mol. The zero-order valence-electron chi connectivity index (χ0n) is 9.97. The molecule has 17 heavy (non-hydrogen) atoms. The molecule has 0 aliphatic heterocycles. The van der Waals surface area contributed by atoms with Crippen LogP contribution >= 0.6 is 0 Å². The van der Waals surface area contributed by atoms with Crippen molar-refractivity contribution in [2.45, 2.75) is 20.4 Å². The summed E-state index contributed by atoms with van der Waals surface area (Å²) in [7, 11) is 0. The highest BCUT2D eigenvalue weighted by molar-refractivity contribution is 5.88. The average molecular weight is 229 g/mol. The van der Waals surface area contributed by atoms with Crippen LogP contribution < -0.4 is 5.32 Å². The lowest BCUT2D eigenvalue weighted by atomic mass is 10.1. The Morgan fingerprint density at radius 2 is 2.18 bits per heavy atom. The highest BCUT2D eigenvalue weighted by Crippen LogP contribution is 2.11. The van der Waals surface area contributed by atoms with E-state index in [1.165, 1.54) is 18.1 Å². The van der Waals surface area contributed by atoms with Crippen LogP contribution in [0.15, 0.2) is 36.7 Å². The zero-order valence-corrected chi connectivity index (χ0v) is 9.97. The standard InChI is InChI=1S/C13H15N3O/c1-10-5-3-4-6-12(10)8-16-9-13(7-14-16)15-11(2)17/h3-7,9H,8H2,1-2H3,(H,15,17). The van der Waals surface area contributed by atoms with Gasteiger partial charge in [-0.15, -0.1) is 0 Å². The van der Waals surface area contributed by atoms with E-state index in [2.05, 4.69) is 29.5 Å². The van der Waals surface area contributed by atoms with Crippen molar-refractivity contribution in [2.24, 2.45) is 0 Å². The van der Waals surface area contributed by atoms with E-state index >= 15 is 0 Å². The summed E-state index contributed by atoms with van der Waals surface area (Å²) in [5, 5.41) is 6.91. The first-order valence-electron chi connectivity index (χ1n) is 5.50. The molecule has 1 heterocycles. The Morgan fingerprint density at radius 3 is 2.88 bits per heavy atom. The minimum Gasteiger partial charge on any atom is -0.324 e. The summed E-state index contributed by atoms with van der Waals surface area (Å²) in [6.07, 6.45) is 3.48. The summed E-state index contributed by atoms with van der Waals surface area (Å²) < 4.78 is 1.81. The van der Waals surface area contributed by atoms with Crippen molar-refractivity contribution >= 4 is 11.6 Å². The fourth-order valence-corrected chi connectivity index (χ4v) is 1.68. The number of hydrogen-bond acceptors (Lipinski definition) is 2. The molecular formula is C13H15N3O. The van der Waals surface area contributed by atoms with E-state index in [-0.39, 0.29) is 5.91 Å². The molecule has 1 aromatic carbocycles. The summed E-state index contributed by atoms with van der Waals surface area (Å²) in [4.78, 5) is 10.9. The Kier molecular flexibility index (Phi) is 3.23. The number of hydrogen-bond donors (Lipinski definition) is 1. The normalized spacial score (nSPS) is 10.2. The lowest BCUT2D eigenvalue weighted by Gasteiger charge is -2.05. The maximum Gasteiger partial charge on any atom is 0.221 e. The third kappa shape index (κ3) is 2.93. The third-order valence-electron chi connectivity index (χ3n) is 2.55. The quantitative estimate of drug-likeness (QED) is 0.877. The molecule has 0 atom stereocenters. The van der Waals surface area contributed by atoms with E-state index in [9.17, 15) is 4.79 Å². The van der Waals surface area contributed by atoms with Crippen LogP contribution in [0.5, 0.6) is 0 Å². The van der Waals surface area contributed by atoms with E-state index < -0.39 is 0 Å². The van der Waals surface area contributed by atoms with Crippen molar-refractivity contribution in [3.8, 4) is 0 Å². The zero-order chi connectivity index (χ0) is 12.3. The molecule has 0 aliphatic carbocycles. The maximum absolute atomic E-state index is 10.9. The Hall–Kier alpha value is -2.10. The van der Waals surface area contributed by atoms with Crippen LogP contribution in [-0.4, -0.2) is 15.7 Å². The molecule has 0 radical (unpaired) electrons. The van der Waals surface area contributed by atoms with Crippen molar-refractivity contribution in [3.05, 3.63) is 47.8 Å². The monoisotopic (exact) mass is 229 g/mol. The lowest BCUT2D eigenvalue weighted by molar-refractivity contribution is -0.114. The number of carbonyl (C=O) groups excluding carboxylic acids is 1. The van der Waals surface area contributed by atoms with E-state index in [1.807, 2.05) is 23.0 Å². The Labute approximate surface area is 100 Å². The second-order valence-electron chi connectivity index (χ2n) is 4.03.